The van der Waals surface area contributed by atoms with E-state index in [-0.39, 0.29) is 29.5 Å². The van der Waals surface area contributed by atoms with Gasteiger partial charge in [-0.05, 0) is 51.3 Å². The fraction of sp³-hybridized carbons (Fsp3) is 0.588. The highest BCUT2D eigenvalue weighted by Crippen LogP contribution is 2.27. The Balaban J connectivity index is 0.00000484. The van der Waals surface area contributed by atoms with E-state index in [1.54, 1.807) is 21.3 Å². The first-order valence-corrected chi connectivity index (χ1v) is 7.59. The zero-order valence-electron chi connectivity index (χ0n) is 15.0. The predicted octanol–water partition coefficient (Wildman–Crippen LogP) is 3.22. The van der Waals surface area contributed by atoms with Crippen LogP contribution in [-0.4, -0.2) is 39.3 Å². The topological polar surface area (TPSA) is 54.9 Å². The maximum absolute atomic E-state index is 5.32. The molecule has 0 saturated heterocycles. The lowest BCUT2D eigenvalue weighted by molar-refractivity contribution is 0.354. The van der Waals surface area contributed by atoms with Crippen LogP contribution in [-0.2, 0) is 6.42 Å². The van der Waals surface area contributed by atoms with E-state index in [2.05, 4.69) is 42.5 Å². The van der Waals surface area contributed by atoms with Gasteiger partial charge in [0.05, 0.1) is 14.2 Å². The molecule has 1 aromatic rings. The van der Waals surface area contributed by atoms with Crippen molar-refractivity contribution in [2.75, 3.05) is 27.8 Å². The lowest BCUT2D eigenvalue weighted by atomic mass is 10.1. The zero-order valence-corrected chi connectivity index (χ0v) is 17.4. The maximum Gasteiger partial charge on any atom is 0.191 e. The van der Waals surface area contributed by atoms with Crippen molar-refractivity contribution >= 4 is 29.9 Å². The molecule has 0 fully saturated rings. The van der Waals surface area contributed by atoms with Crippen molar-refractivity contribution in [3.8, 4) is 11.5 Å². The minimum Gasteiger partial charge on any atom is -0.493 e. The van der Waals surface area contributed by atoms with Crippen LogP contribution < -0.4 is 20.1 Å². The molecule has 0 aliphatic heterocycles. The summed E-state index contributed by atoms with van der Waals surface area (Å²) >= 11 is 0. The van der Waals surface area contributed by atoms with Crippen molar-refractivity contribution in [1.29, 1.82) is 0 Å². The highest BCUT2D eigenvalue weighted by molar-refractivity contribution is 14.0. The zero-order chi connectivity index (χ0) is 16.6. The van der Waals surface area contributed by atoms with Gasteiger partial charge >= 0.3 is 0 Å². The molecule has 0 radical (unpaired) electrons. The van der Waals surface area contributed by atoms with Crippen LogP contribution in [0.5, 0.6) is 11.5 Å². The van der Waals surface area contributed by atoms with Gasteiger partial charge < -0.3 is 20.1 Å². The molecule has 0 saturated carbocycles. The van der Waals surface area contributed by atoms with E-state index in [0.29, 0.717) is 0 Å². The Labute approximate surface area is 157 Å². The largest absolute Gasteiger partial charge is 0.493 e. The van der Waals surface area contributed by atoms with E-state index >= 15 is 0 Å². The van der Waals surface area contributed by atoms with Crippen LogP contribution in [0.2, 0.25) is 0 Å². The Morgan fingerprint density at radius 1 is 1.13 bits per heavy atom. The molecule has 6 heteroatoms. The van der Waals surface area contributed by atoms with Gasteiger partial charge in [0.15, 0.2) is 17.5 Å². The van der Waals surface area contributed by atoms with Crippen molar-refractivity contribution in [2.24, 2.45) is 4.99 Å². The lowest BCUT2D eigenvalue weighted by Gasteiger charge is -2.23. The van der Waals surface area contributed by atoms with Crippen molar-refractivity contribution in [3.05, 3.63) is 23.8 Å². The first-order valence-electron chi connectivity index (χ1n) is 7.59. The van der Waals surface area contributed by atoms with E-state index < -0.39 is 0 Å². The van der Waals surface area contributed by atoms with Gasteiger partial charge in [-0.3, -0.25) is 4.99 Å². The average Bonchev–Trinajstić information content (AvgIpc) is 2.48. The second-order valence-corrected chi connectivity index (χ2v) is 6.17. The molecular weight excluding hydrogens is 405 g/mol. The fourth-order valence-corrected chi connectivity index (χ4v) is 2.07. The Bertz CT molecular complexity index is 499. The van der Waals surface area contributed by atoms with Crippen LogP contribution >= 0.6 is 24.0 Å². The van der Waals surface area contributed by atoms with Crippen molar-refractivity contribution in [3.63, 3.8) is 0 Å². The van der Waals surface area contributed by atoms with E-state index in [1.807, 2.05) is 12.1 Å². The van der Waals surface area contributed by atoms with Gasteiger partial charge in [0.25, 0.3) is 0 Å². The molecular formula is C17H30IN3O2. The third-order valence-corrected chi connectivity index (χ3v) is 3.10. The third kappa shape index (κ3) is 8.29. The van der Waals surface area contributed by atoms with E-state index in [0.717, 1.165) is 36.8 Å². The second-order valence-electron chi connectivity index (χ2n) is 6.17. The highest BCUT2D eigenvalue weighted by Gasteiger charge is 2.11. The summed E-state index contributed by atoms with van der Waals surface area (Å²) in [5.41, 5.74) is 1.24. The summed E-state index contributed by atoms with van der Waals surface area (Å²) in [4.78, 5) is 4.23. The lowest BCUT2D eigenvalue weighted by Crippen LogP contribution is -2.47. The number of ether oxygens (including phenoxy) is 2. The van der Waals surface area contributed by atoms with Crippen molar-refractivity contribution < 1.29 is 9.47 Å². The number of aryl methyl sites for hydroxylation is 1. The molecule has 0 aliphatic carbocycles. The second kappa shape index (κ2) is 10.6. The normalized spacial score (nSPS) is 11.5. The minimum absolute atomic E-state index is 0. The summed E-state index contributed by atoms with van der Waals surface area (Å²) < 4.78 is 10.6. The average molecular weight is 435 g/mol. The maximum atomic E-state index is 5.32. The number of methoxy groups -OCH3 is 2. The minimum atomic E-state index is 0. The number of hydrogen-bond donors (Lipinski definition) is 2. The monoisotopic (exact) mass is 435 g/mol. The van der Waals surface area contributed by atoms with Gasteiger partial charge in [-0.15, -0.1) is 24.0 Å². The molecule has 0 atom stereocenters. The molecule has 0 aromatic heterocycles. The summed E-state index contributed by atoms with van der Waals surface area (Å²) in [6, 6.07) is 6.05. The molecule has 23 heavy (non-hydrogen) atoms. The SMILES string of the molecule is CN=C(NCCCc1ccc(OC)c(OC)c1)NC(C)(C)C.I. The summed E-state index contributed by atoms with van der Waals surface area (Å²) in [5.74, 6) is 2.37. The van der Waals surface area contributed by atoms with Crippen LogP contribution in [0.1, 0.15) is 32.8 Å². The summed E-state index contributed by atoms with van der Waals surface area (Å²) in [7, 11) is 5.09. The number of nitrogens with one attached hydrogen (secondary N) is 2. The van der Waals surface area contributed by atoms with Gasteiger partial charge in [-0.2, -0.15) is 0 Å². The quantitative estimate of drug-likeness (QED) is 0.312. The van der Waals surface area contributed by atoms with E-state index in [9.17, 15) is 0 Å². The number of hydrogen-bond acceptors (Lipinski definition) is 3. The van der Waals surface area contributed by atoms with Crippen LogP contribution in [0.3, 0.4) is 0 Å². The first kappa shape index (κ1) is 21.8. The van der Waals surface area contributed by atoms with Crippen LogP contribution in [0.4, 0.5) is 0 Å². The number of rotatable bonds is 6. The molecule has 1 aromatic carbocycles. The highest BCUT2D eigenvalue weighted by atomic mass is 127. The standard InChI is InChI=1S/C17H29N3O2.HI/c1-17(2,3)20-16(18-4)19-11-7-8-13-9-10-14(21-5)15(12-13)22-6;/h9-10,12H,7-8,11H2,1-6H3,(H2,18,19,20);1H. The molecule has 0 unspecified atom stereocenters. The molecule has 0 amide bonds. The van der Waals surface area contributed by atoms with E-state index in [4.69, 9.17) is 9.47 Å². The first-order chi connectivity index (χ1) is 10.4. The number of benzene rings is 1. The number of halogens is 1. The Hall–Kier alpha value is -1.18. The smallest absolute Gasteiger partial charge is 0.191 e. The van der Waals surface area contributed by atoms with Gasteiger partial charge in [0, 0.05) is 19.1 Å². The molecule has 0 aliphatic rings. The van der Waals surface area contributed by atoms with Crippen molar-refractivity contribution in [1.82, 2.24) is 10.6 Å². The van der Waals surface area contributed by atoms with Crippen LogP contribution in [0.15, 0.2) is 23.2 Å². The van der Waals surface area contributed by atoms with Gasteiger partial charge in [0.1, 0.15) is 0 Å². The molecule has 5 nitrogen and oxygen atoms in total. The number of aliphatic imine (C=N–C) groups is 1. The van der Waals surface area contributed by atoms with Gasteiger partial charge in [-0.1, -0.05) is 6.07 Å². The third-order valence-electron chi connectivity index (χ3n) is 3.10. The van der Waals surface area contributed by atoms with E-state index in [1.165, 1.54) is 5.56 Å². The molecule has 2 N–H and O–H groups in total. The molecule has 0 spiro atoms. The molecule has 1 rings (SSSR count). The fourth-order valence-electron chi connectivity index (χ4n) is 2.07. The molecule has 132 valence electrons. The van der Waals surface area contributed by atoms with Crippen LogP contribution in [0.25, 0.3) is 0 Å². The Morgan fingerprint density at radius 3 is 2.30 bits per heavy atom. The number of guanidine groups is 1. The summed E-state index contributed by atoms with van der Waals surface area (Å²) in [5, 5.41) is 6.67. The van der Waals surface area contributed by atoms with Gasteiger partial charge in [-0.25, -0.2) is 0 Å². The van der Waals surface area contributed by atoms with Crippen molar-refractivity contribution in [2.45, 2.75) is 39.2 Å². The predicted molar refractivity (Wildman–Crippen MR) is 108 cm³/mol. The summed E-state index contributed by atoms with van der Waals surface area (Å²) in [6.45, 7) is 7.21. The molecule has 0 heterocycles. The molecule has 0 bridgehead atoms. The Morgan fingerprint density at radius 2 is 1.78 bits per heavy atom. The van der Waals surface area contributed by atoms with Gasteiger partial charge in [0.2, 0.25) is 0 Å². The number of nitrogens with zero attached hydrogens (tertiary/aromatic N) is 1. The van der Waals surface area contributed by atoms with Crippen LogP contribution in [0, 0.1) is 0 Å². The summed E-state index contributed by atoms with van der Waals surface area (Å²) in [6.07, 6.45) is 1.99. The Kier molecular flexibility index (Phi) is 10.0.